The average Bonchev–Trinajstić information content (AvgIpc) is 3.08. The molecule has 1 atom stereocenters. The van der Waals surface area contributed by atoms with E-state index in [-0.39, 0.29) is 0 Å². The molecule has 120 valence electrons. The monoisotopic (exact) mass is 356 g/mol. The molecule has 1 aromatic heterocycles. The van der Waals surface area contributed by atoms with E-state index in [1.807, 2.05) is 0 Å². The Bertz CT molecular complexity index is 438. The van der Waals surface area contributed by atoms with Gasteiger partial charge in [0.2, 0.25) is 0 Å². The summed E-state index contributed by atoms with van der Waals surface area (Å²) in [4.78, 5) is 2.60. The van der Waals surface area contributed by atoms with E-state index in [0.717, 1.165) is 25.3 Å². The van der Waals surface area contributed by atoms with Gasteiger partial charge >= 0.3 is 0 Å². The van der Waals surface area contributed by atoms with Crippen molar-refractivity contribution in [3.05, 3.63) is 15.9 Å². The van der Waals surface area contributed by atoms with Crippen LogP contribution in [-0.2, 0) is 13.1 Å². The molecule has 4 nitrogen and oxygen atoms in total. The van der Waals surface area contributed by atoms with Crippen LogP contribution in [0.4, 0.5) is 0 Å². The van der Waals surface area contributed by atoms with Crippen molar-refractivity contribution in [3.8, 4) is 0 Å². The zero-order chi connectivity index (χ0) is 15.2. The molecule has 0 bridgehead atoms. The van der Waals surface area contributed by atoms with Gasteiger partial charge in [0, 0.05) is 25.7 Å². The number of hydrogen-bond donors (Lipinski definition) is 1. The second-order valence-electron chi connectivity index (χ2n) is 6.04. The fourth-order valence-electron chi connectivity index (χ4n) is 3.07. The minimum atomic E-state index is 0.666. The highest BCUT2D eigenvalue weighted by molar-refractivity contribution is 9.10. The number of aryl methyl sites for hydroxylation is 2. The predicted octanol–water partition coefficient (Wildman–Crippen LogP) is 3.33. The van der Waals surface area contributed by atoms with Crippen molar-refractivity contribution in [3.63, 3.8) is 0 Å². The van der Waals surface area contributed by atoms with Crippen LogP contribution < -0.4 is 5.32 Å². The van der Waals surface area contributed by atoms with E-state index in [0.29, 0.717) is 6.04 Å². The summed E-state index contributed by atoms with van der Waals surface area (Å²) in [6, 6.07) is 0.666. The molecule has 0 amide bonds. The van der Waals surface area contributed by atoms with Gasteiger partial charge in [0.1, 0.15) is 0 Å². The van der Waals surface area contributed by atoms with Crippen LogP contribution in [0.1, 0.15) is 50.9 Å². The average molecular weight is 357 g/mol. The van der Waals surface area contributed by atoms with Gasteiger partial charge < -0.3 is 5.32 Å². The smallest absolute Gasteiger partial charge is 0.0739 e. The minimum Gasteiger partial charge on any atom is -0.313 e. The normalized spacial score (nSPS) is 18.8. The molecule has 0 spiro atoms. The topological polar surface area (TPSA) is 33.1 Å². The van der Waals surface area contributed by atoms with Crippen molar-refractivity contribution in [2.24, 2.45) is 0 Å². The van der Waals surface area contributed by atoms with Gasteiger partial charge in [-0.15, -0.1) is 0 Å². The first kappa shape index (κ1) is 17.0. The molecule has 1 N–H and O–H groups in total. The van der Waals surface area contributed by atoms with Crippen molar-refractivity contribution in [2.45, 2.75) is 65.6 Å². The summed E-state index contributed by atoms with van der Waals surface area (Å²) in [5, 5.41) is 8.24. The lowest BCUT2D eigenvalue weighted by Crippen LogP contribution is -2.38. The van der Waals surface area contributed by atoms with Crippen LogP contribution in [-0.4, -0.2) is 40.4 Å². The van der Waals surface area contributed by atoms with Crippen molar-refractivity contribution in [2.75, 3.05) is 19.6 Å². The van der Waals surface area contributed by atoms with Gasteiger partial charge in [-0.2, -0.15) is 5.10 Å². The Morgan fingerprint density at radius 3 is 2.86 bits per heavy atom. The third-order valence-corrected chi connectivity index (χ3v) is 5.33. The van der Waals surface area contributed by atoms with Crippen LogP contribution >= 0.6 is 15.9 Å². The number of halogens is 1. The van der Waals surface area contributed by atoms with E-state index in [9.17, 15) is 0 Å². The third kappa shape index (κ3) is 4.54. The zero-order valence-corrected chi connectivity index (χ0v) is 15.2. The maximum atomic E-state index is 4.62. The Hall–Kier alpha value is -0.390. The molecule has 1 aromatic rings. The Labute approximate surface area is 137 Å². The van der Waals surface area contributed by atoms with Crippen LogP contribution in [0.25, 0.3) is 0 Å². The molecular weight excluding hydrogens is 328 g/mol. The first-order valence-corrected chi connectivity index (χ1v) is 9.12. The highest BCUT2D eigenvalue weighted by Gasteiger charge is 2.20. The lowest BCUT2D eigenvalue weighted by Gasteiger charge is -2.26. The van der Waals surface area contributed by atoms with Gasteiger partial charge in [-0.1, -0.05) is 13.3 Å². The van der Waals surface area contributed by atoms with Crippen molar-refractivity contribution in [1.29, 1.82) is 0 Å². The highest BCUT2D eigenvalue weighted by Crippen LogP contribution is 2.23. The molecular formula is C16H29BrN4. The van der Waals surface area contributed by atoms with E-state index in [1.165, 1.54) is 48.9 Å². The summed E-state index contributed by atoms with van der Waals surface area (Å²) < 4.78 is 3.32. The van der Waals surface area contributed by atoms with E-state index in [4.69, 9.17) is 0 Å². The third-order valence-electron chi connectivity index (χ3n) is 4.30. The molecule has 2 heterocycles. The van der Waals surface area contributed by atoms with Gasteiger partial charge in [0.15, 0.2) is 0 Å². The minimum absolute atomic E-state index is 0.666. The molecule has 21 heavy (non-hydrogen) atoms. The second-order valence-corrected chi connectivity index (χ2v) is 6.84. The first-order chi connectivity index (χ1) is 10.2. The highest BCUT2D eigenvalue weighted by atomic mass is 79.9. The Balaban J connectivity index is 2.06. The molecule has 0 aliphatic carbocycles. The standard InChI is InChI=1S/C16H29BrN4/c1-4-6-10-20(11-14-8-7-9-18-14)12-15-16(17)13(3)19-21(15)5-2/h14,18H,4-12H2,1-3H3. The van der Waals surface area contributed by atoms with E-state index in [1.54, 1.807) is 0 Å². The Kier molecular flexibility index (Phi) is 6.71. The molecule has 5 heteroatoms. The van der Waals surface area contributed by atoms with Crippen LogP contribution in [0.5, 0.6) is 0 Å². The first-order valence-electron chi connectivity index (χ1n) is 8.33. The number of nitrogens with zero attached hydrogens (tertiary/aromatic N) is 3. The fraction of sp³-hybridized carbons (Fsp3) is 0.812. The van der Waals surface area contributed by atoms with Crippen molar-refractivity contribution < 1.29 is 0 Å². The molecule has 0 aromatic carbocycles. The number of rotatable bonds is 8. The maximum absolute atomic E-state index is 4.62. The Morgan fingerprint density at radius 2 is 2.24 bits per heavy atom. The largest absolute Gasteiger partial charge is 0.313 e. The predicted molar refractivity (Wildman–Crippen MR) is 91.5 cm³/mol. The van der Waals surface area contributed by atoms with Crippen LogP contribution in [0.3, 0.4) is 0 Å². The fourth-order valence-corrected chi connectivity index (χ4v) is 3.48. The molecule has 1 aliphatic heterocycles. The zero-order valence-electron chi connectivity index (χ0n) is 13.7. The quantitative estimate of drug-likeness (QED) is 0.775. The number of aromatic nitrogens is 2. The molecule has 0 saturated carbocycles. The van der Waals surface area contributed by atoms with Gasteiger partial charge in [0.05, 0.1) is 15.9 Å². The Morgan fingerprint density at radius 1 is 1.43 bits per heavy atom. The summed E-state index contributed by atoms with van der Waals surface area (Å²) in [7, 11) is 0. The van der Waals surface area contributed by atoms with Gasteiger partial charge in [-0.3, -0.25) is 9.58 Å². The maximum Gasteiger partial charge on any atom is 0.0739 e. The van der Waals surface area contributed by atoms with Gasteiger partial charge in [0.25, 0.3) is 0 Å². The molecule has 1 saturated heterocycles. The van der Waals surface area contributed by atoms with E-state index in [2.05, 4.69) is 56.7 Å². The van der Waals surface area contributed by atoms with Crippen LogP contribution in [0.2, 0.25) is 0 Å². The molecule has 1 fully saturated rings. The number of nitrogens with one attached hydrogen (secondary N) is 1. The molecule has 0 radical (unpaired) electrons. The molecule has 2 rings (SSSR count). The summed E-state index contributed by atoms with van der Waals surface area (Å²) in [5.74, 6) is 0. The van der Waals surface area contributed by atoms with Gasteiger partial charge in [-0.25, -0.2) is 0 Å². The lowest BCUT2D eigenvalue weighted by atomic mass is 10.2. The molecule has 1 aliphatic rings. The van der Waals surface area contributed by atoms with Crippen LogP contribution in [0.15, 0.2) is 4.47 Å². The van der Waals surface area contributed by atoms with Crippen LogP contribution in [0, 0.1) is 6.92 Å². The van der Waals surface area contributed by atoms with E-state index >= 15 is 0 Å². The molecule has 1 unspecified atom stereocenters. The summed E-state index contributed by atoms with van der Waals surface area (Å²) in [6.45, 7) is 11.9. The van der Waals surface area contributed by atoms with Crippen molar-refractivity contribution >= 4 is 15.9 Å². The van der Waals surface area contributed by atoms with E-state index < -0.39 is 0 Å². The second kappa shape index (κ2) is 8.30. The van der Waals surface area contributed by atoms with Crippen molar-refractivity contribution in [1.82, 2.24) is 20.0 Å². The summed E-state index contributed by atoms with van der Waals surface area (Å²) in [6.07, 6.45) is 5.16. The van der Waals surface area contributed by atoms with Gasteiger partial charge in [-0.05, 0) is 62.1 Å². The lowest BCUT2D eigenvalue weighted by molar-refractivity contribution is 0.230. The summed E-state index contributed by atoms with van der Waals surface area (Å²) >= 11 is 3.73. The SMILES string of the molecule is CCCCN(Cc1c(Br)c(C)nn1CC)CC1CCCN1. The number of hydrogen-bond acceptors (Lipinski definition) is 3. The number of unbranched alkanes of at least 4 members (excludes halogenated alkanes) is 1. The summed E-state index contributed by atoms with van der Waals surface area (Å²) in [5.41, 5.74) is 2.42.